The molecule has 0 radical (unpaired) electrons. The van der Waals surface area contributed by atoms with E-state index in [1.165, 1.54) is 7.11 Å². The molecule has 1 aromatic rings. The molecule has 1 aromatic carbocycles. The number of hydrogen-bond acceptors (Lipinski definition) is 13. The Morgan fingerprint density at radius 1 is 1.00 bits per heavy atom. The Hall–Kier alpha value is -3.72. The fourth-order valence-corrected chi connectivity index (χ4v) is 5.06. The number of phosphoric ester groups is 1. The lowest BCUT2D eigenvalue weighted by Gasteiger charge is -2.39. The Kier molecular flexibility index (Phi) is 14.5. The second kappa shape index (κ2) is 17.5. The molecule has 2 rings (SSSR count). The third-order valence-electron chi connectivity index (χ3n) is 6.06. The van der Waals surface area contributed by atoms with Crippen molar-refractivity contribution in [2.24, 2.45) is 11.3 Å². The van der Waals surface area contributed by atoms with Crippen LogP contribution in [0.2, 0.25) is 0 Å². The number of amides is 3. The fourth-order valence-electron chi connectivity index (χ4n) is 3.56. The average molecular weight is 646 g/mol. The molecular formula is C27H40N3O13P. The van der Waals surface area contributed by atoms with Crippen LogP contribution in [0.3, 0.4) is 0 Å². The Balaban J connectivity index is 1.70. The molecule has 3 N–H and O–H groups in total. The first-order valence-corrected chi connectivity index (χ1v) is 15.2. The van der Waals surface area contributed by atoms with Crippen molar-refractivity contribution >= 4 is 37.9 Å². The molecule has 0 bridgehead atoms. The summed E-state index contributed by atoms with van der Waals surface area (Å²) in [5, 5.41) is 7.28. The van der Waals surface area contributed by atoms with Crippen LogP contribution in [-0.2, 0) is 58.1 Å². The topological polar surface area (TPSA) is 203 Å². The summed E-state index contributed by atoms with van der Waals surface area (Å²) >= 11 is 0. The molecular weight excluding hydrogens is 605 g/mol. The maximum absolute atomic E-state index is 12.9. The van der Waals surface area contributed by atoms with E-state index < -0.39 is 62.2 Å². The molecule has 1 aliphatic heterocycles. The van der Waals surface area contributed by atoms with Gasteiger partial charge in [-0.25, -0.2) is 23.5 Å². The van der Waals surface area contributed by atoms with Gasteiger partial charge >= 0.3 is 31.9 Å². The number of carbonyl (C=O) groups is 5. The van der Waals surface area contributed by atoms with Gasteiger partial charge in [-0.1, -0.05) is 58.0 Å². The highest BCUT2D eigenvalue weighted by atomic mass is 31.2. The van der Waals surface area contributed by atoms with E-state index >= 15 is 0 Å². The van der Waals surface area contributed by atoms with Crippen molar-refractivity contribution in [2.45, 2.75) is 52.9 Å². The minimum atomic E-state index is -4.29. The lowest BCUT2D eigenvalue weighted by atomic mass is 9.87. The summed E-state index contributed by atoms with van der Waals surface area (Å²) in [6.45, 7) is 5.31. The van der Waals surface area contributed by atoms with Crippen LogP contribution in [0.5, 0.6) is 0 Å². The number of rotatable bonds is 15. The molecule has 3 amide bonds. The van der Waals surface area contributed by atoms with Crippen molar-refractivity contribution in [3.8, 4) is 0 Å². The number of alkyl carbamates (subject to hydrolysis) is 2. The number of benzene rings is 1. The molecule has 44 heavy (non-hydrogen) atoms. The average Bonchev–Trinajstić information content (AvgIpc) is 2.98. The minimum Gasteiger partial charge on any atom is -0.469 e. The molecule has 0 unspecified atom stereocenters. The number of ether oxygens (including phenoxy) is 4. The predicted molar refractivity (Wildman–Crippen MR) is 152 cm³/mol. The van der Waals surface area contributed by atoms with Crippen molar-refractivity contribution in [2.75, 3.05) is 40.2 Å². The summed E-state index contributed by atoms with van der Waals surface area (Å²) in [6, 6.07) is 8.03. The quantitative estimate of drug-likeness (QED) is 0.0826. The van der Waals surface area contributed by atoms with Gasteiger partial charge in [-0.15, -0.1) is 0 Å². The van der Waals surface area contributed by atoms with E-state index in [2.05, 4.69) is 20.7 Å². The first kappa shape index (κ1) is 36.5. The van der Waals surface area contributed by atoms with Gasteiger partial charge in [-0.05, 0) is 11.5 Å². The molecule has 1 fully saturated rings. The number of esters is 2. The second-order valence-corrected chi connectivity index (χ2v) is 12.1. The molecule has 1 aliphatic rings. The molecule has 17 heteroatoms. The number of nitrogens with one attached hydrogen (secondary N) is 3. The Labute approximate surface area is 255 Å². The van der Waals surface area contributed by atoms with Gasteiger partial charge in [-0.3, -0.25) is 18.6 Å². The number of methoxy groups -OCH3 is 1. The first-order valence-electron chi connectivity index (χ1n) is 13.7. The van der Waals surface area contributed by atoms with Crippen molar-refractivity contribution in [1.82, 2.24) is 16.0 Å². The molecule has 246 valence electrons. The minimum absolute atomic E-state index is 0.0258. The van der Waals surface area contributed by atoms with Crippen molar-refractivity contribution in [3.05, 3.63) is 35.9 Å². The van der Waals surface area contributed by atoms with Gasteiger partial charge in [0, 0.05) is 12.0 Å². The van der Waals surface area contributed by atoms with Crippen LogP contribution < -0.4 is 16.0 Å². The van der Waals surface area contributed by atoms with E-state index in [1.54, 1.807) is 52.0 Å². The van der Waals surface area contributed by atoms with Crippen LogP contribution in [0, 0.1) is 11.3 Å². The van der Waals surface area contributed by atoms with E-state index in [1.807, 2.05) is 6.07 Å². The zero-order chi connectivity index (χ0) is 32.8. The number of carbonyl (C=O) groups excluding carboxylic acids is 5. The van der Waals surface area contributed by atoms with Gasteiger partial charge < -0.3 is 34.9 Å². The summed E-state index contributed by atoms with van der Waals surface area (Å²) in [6.07, 6.45) is -3.10. The van der Waals surface area contributed by atoms with E-state index in [0.717, 1.165) is 5.56 Å². The van der Waals surface area contributed by atoms with Gasteiger partial charge in [0.05, 0.1) is 26.7 Å². The highest BCUT2D eigenvalue weighted by Crippen LogP contribution is 2.57. The van der Waals surface area contributed by atoms with Gasteiger partial charge in [-0.2, -0.15) is 0 Å². The summed E-state index contributed by atoms with van der Waals surface area (Å²) in [4.78, 5) is 60.5. The lowest BCUT2D eigenvalue weighted by Crippen LogP contribution is -2.50. The third kappa shape index (κ3) is 12.5. The molecule has 3 atom stereocenters. The van der Waals surface area contributed by atoms with Gasteiger partial charge in [0.2, 0.25) is 12.7 Å². The Morgan fingerprint density at radius 2 is 1.70 bits per heavy atom. The van der Waals surface area contributed by atoms with Gasteiger partial charge in [0.1, 0.15) is 19.3 Å². The van der Waals surface area contributed by atoms with Crippen molar-refractivity contribution < 1.29 is 61.1 Å². The third-order valence-corrected chi connectivity index (χ3v) is 7.39. The number of hydrogen-bond donors (Lipinski definition) is 3. The highest BCUT2D eigenvalue weighted by molar-refractivity contribution is 7.48. The SMILES string of the molecule is COC(=O)CCNC(=O)[C@@H]1O[P@](=O)(OCOC(=O)NCCOC(=O)[C@@H](NC(=O)OCc2ccccc2)C(C)C)OCC1(C)C. The van der Waals surface area contributed by atoms with Crippen LogP contribution in [0.25, 0.3) is 0 Å². The Bertz CT molecular complexity index is 1180. The van der Waals surface area contributed by atoms with Crippen molar-refractivity contribution in [1.29, 1.82) is 0 Å². The zero-order valence-corrected chi connectivity index (χ0v) is 26.2. The van der Waals surface area contributed by atoms with Gasteiger partial charge in [0.15, 0.2) is 6.10 Å². The van der Waals surface area contributed by atoms with E-state index in [9.17, 15) is 28.5 Å². The maximum atomic E-state index is 12.9. The smallest absolute Gasteiger partial charge is 0.469 e. The summed E-state index contributed by atoms with van der Waals surface area (Å²) in [5.74, 6) is -2.21. The molecule has 1 saturated heterocycles. The molecule has 0 aromatic heterocycles. The second-order valence-electron chi connectivity index (χ2n) is 10.5. The molecule has 0 spiro atoms. The van der Waals surface area contributed by atoms with Gasteiger partial charge in [0.25, 0.3) is 0 Å². The molecule has 0 aliphatic carbocycles. The lowest BCUT2D eigenvalue weighted by molar-refractivity contribution is -0.147. The monoisotopic (exact) mass is 645 g/mol. The summed E-state index contributed by atoms with van der Waals surface area (Å²) < 4.78 is 48.0. The van der Waals surface area contributed by atoms with E-state index in [4.69, 9.17) is 27.8 Å². The maximum Gasteiger partial charge on any atom is 0.478 e. The van der Waals surface area contributed by atoms with Crippen LogP contribution in [0.1, 0.15) is 39.7 Å². The van der Waals surface area contributed by atoms with Crippen LogP contribution in [-0.4, -0.2) is 82.4 Å². The summed E-state index contributed by atoms with van der Waals surface area (Å²) in [7, 11) is -3.07. The standard InChI is InChI=1S/C27H40N3O13P/c1-18(2)21(30-26(35)39-15-19-9-7-6-8-10-19)24(33)38-14-13-29-25(34)40-17-42-44(36)41-16-27(3,4)22(43-44)23(32)28-12-11-20(31)37-5/h6-10,18,21-22H,11-17H2,1-5H3,(H,28,32)(H,29,34)(H,30,35)/t21-,22-,44-/m0/s1. The highest BCUT2D eigenvalue weighted by Gasteiger charge is 2.49. The zero-order valence-electron chi connectivity index (χ0n) is 25.3. The number of phosphoric acid groups is 1. The Morgan fingerprint density at radius 3 is 2.36 bits per heavy atom. The molecule has 16 nitrogen and oxygen atoms in total. The summed E-state index contributed by atoms with van der Waals surface area (Å²) in [5.41, 5.74) is -0.111. The van der Waals surface area contributed by atoms with Crippen LogP contribution in [0.4, 0.5) is 9.59 Å². The van der Waals surface area contributed by atoms with Crippen LogP contribution >= 0.6 is 7.82 Å². The van der Waals surface area contributed by atoms with E-state index in [-0.39, 0.29) is 45.2 Å². The molecule has 0 saturated carbocycles. The largest absolute Gasteiger partial charge is 0.478 e. The normalized spacial score (nSPS) is 19.6. The predicted octanol–water partition coefficient (Wildman–Crippen LogP) is 2.41. The van der Waals surface area contributed by atoms with Crippen LogP contribution in [0.15, 0.2) is 30.3 Å². The molecule has 1 heterocycles. The fraction of sp³-hybridized carbons (Fsp3) is 0.593. The van der Waals surface area contributed by atoms with E-state index in [0.29, 0.717) is 0 Å². The first-order chi connectivity index (χ1) is 20.8. The van der Waals surface area contributed by atoms with Crippen molar-refractivity contribution in [3.63, 3.8) is 0 Å².